The molecule has 1 N–H and O–H groups in total. The van der Waals surface area contributed by atoms with Crippen LogP contribution in [-0.4, -0.2) is 47.4 Å². The Hall–Kier alpha value is -2.21. The summed E-state index contributed by atoms with van der Waals surface area (Å²) in [5, 5.41) is 7.37. The van der Waals surface area contributed by atoms with Gasteiger partial charge < -0.3 is 9.64 Å². The predicted octanol–water partition coefficient (Wildman–Crippen LogP) is 2.87. The van der Waals surface area contributed by atoms with Crippen molar-refractivity contribution in [3.05, 3.63) is 41.2 Å². The van der Waals surface area contributed by atoms with Crippen LogP contribution >= 0.6 is 11.6 Å². The molecule has 2 aliphatic heterocycles. The monoisotopic (exact) mass is 332 g/mol. The molecule has 23 heavy (non-hydrogen) atoms. The van der Waals surface area contributed by atoms with E-state index in [1.165, 1.54) is 0 Å². The van der Waals surface area contributed by atoms with Crippen molar-refractivity contribution in [2.45, 2.75) is 12.3 Å². The Bertz CT molecular complexity index is 719. The van der Waals surface area contributed by atoms with Crippen molar-refractivity contribution in [1.29, 1.82) is 0 Å². The first-order chi connectivity index (χ1) is 11.2. The van der Waals surface area contributed by atoms with Crippen molar-refractivity contribution < 1.29 is 9.53 Å². The van der Waals surface area contributed by atoms with E-state index in [0.29, 0.717) is 36.4 Å². The number of nitrogens with one attached hydrogen (secondary N) is 1. The number of benzene rings is 1. The fourth-order valence-corrected chi connectivity index (χ4v) is 3.50. The SMILES string of the molecule is O=C(N1CCC(c2cn[nH]c2)C1)N1CCOc2c(Cl)cccc21. The Morgan fingerprint density at radius 1 is 1.39 bits per heavy atom. The van der Waals surface area contributed by atoms with Gasteiger partial charge in [-0.1, -0.05) is 17.7 Å². The quantitative estimate of drug-likeness (QED) is 0.873. The average Bonchev–Trinajstić information content (AvgIpc) is 3.25. The molecule has 3 heterocycles. The molecular weight excluding hydrogens is 316 g/mol. The summed E-state index contributed by atoms with van der Waals surface area (Å²) in [6.45, 7) is 2.47. The third kappa shape index (κ3) is 2.53. The number of halogens is 1. The van der Waals surface area contributed by atoms with Gasteiger partial charge in [-0.2, -0.15) is 5.10 Å². The maximum atomic E-state index is 12.9. The molecule has 1 atom stereocenters. The second kappa shape index (κ2) is 5.77. The second-order valence-corrected chi connectivity index (χ2v) is 6.24. The number of aromatic nitrogens is 2. The molecule has 1 aromatic carbocycles. The first kappa shape index (κ1) is 14.4. The van der Waals surface area contributed by atoms with E-state index in [0.717, 1.165) is 24.2 Å². The molecule has 0 saturated carbocycles. The van der Waals surface area contributed by atoms with Crippen LogP contribution in [0, 0.1) is 0 Å². The summed E-state index contributed by atoms with van der Waals surface area (Å²) in [5.41, 5.74) is 1.91. The van der Waals surface area contributed by atoms with Gasteiger partial charge in [0, 0.05) is 25.2 Å². The molecule has 2 aromatic rings. The molecule has 0 aliphatic carbocycles. The number of fused-ring (bicyclic) bond motifs is 1. The van der Waals surface area contributed by atoms with Gasteiger partial charge in [0.1, 0.15) is 6.61 Å². The number of likely N-dealkylation sites (tertiary alicyclic amines) is 1. The number of amides is 2. The number of H-pyrrole nitrogens is 1. The Morgan fingerprint density at radius 3 is 3.13 bits per heavy atom. The van der Waals surface area contributed by atoms with Crippen LogP contribution in [0.2, 0.25) is 5.02 Å². The highest BCUT2D eigenvalue weighted by Crippen LogP contribution is 2.38. The number of anilines is 1. The summed E-state index contributed by atoms with van der Waals surface area (Å²) in [4.78, 5) is 16.6. The number of urea groups is 1. The minimum absolute atomic E-state index is 0.0165. The zero-order chi connectivity index (χ0) is 15.8. The van der Waals surface area contributed by atoms with Crippen LogP contribution < -0.4 is 9.64 Å². The first-order valence-electron chi connectivity index (χ1n) is 7.70. The lowest BCUT2D eigenvalue weighted by atomic mass is 10.0. The number of carbonyl (C=O) groups is 1. The maximum absolute atomic E-state index is 12.9. The maximum Gasteiger partial charge on any atom is 0.324 e. The van der Waals surface area contributed by atoms with E-state index in [-0.39, 0.29) is 6.03 Å². The van der Waals surface area contributed by atoms with Gasteiger partial charge in [-0.3, -0.25) is 10.00 Å². The largest absolute Gasteiger partial charge is 0.488 e. The zero-order valence-corrected chi connectivity index (χ0v) is 13.3. The van der Waals surface area contributed by atoms with E-state index in [4.69, 9.17) is 16.3 Å². The second-order valence-electron chi connectivity index (χ2n) is 5.83. The average molecular weight is 333 g/mol. The highest BCUT2D eigenvalue weighted by Gasteiger charge is 2.33. The molecule has 1 aromatic heterocycles. The van der Waals surface area contributed by atoms with Gasteiger partial charge in [0.05, 0.1) is 23.5 Å². The lowest BCUT2D eigenvalue weighted by molar-refractivity contribution is 0.209. The van der Waals surface area contributed by atoms with Crippen molar-refractivity contribution in [3.63, 3.8) is 0 Å². The summed E-state index contributed by atoms with van der Waals surface area (Å²) in [5.74, 6) is 0.942. The normalized spacial score (nSPS) is 20.3. The van der Waals surface area contributed by atoms with Crippen molar-refractivity contribution in [2.24, 2.45) is 0 Å². The molecule has 120 valence electrons. The van der Waals surface area contributed by atoms with Crippen molar-refractivity contribution in [1.82, 2.24) is 15.1 Å². The molecular formula is C16H17ClN4O2. The number of carbonyl (C=O) groups excluding carboxylic acids is 1. The van der Waals surface area contributed by atoms with Gasteiger partial charge in [0.25, 0.3) is 0 Å². The van der Waals surface area contributed by atoms with Gasteiger partial charge in [0.15, 0.2) is 5.75 Å². The predicted molar refractivity (Wildman–Crippen MR) is 87.2 cm³/mol. The molecule has 1 fully saturated rings. The number of rotatable bonds is 1. The summed E-state index contributed by atoms with van der Waals surface area (Å²) >= 11 is 6.18. The molecule has 6 nitrogen and oxygen atoms in total. The zero-order valence-electron chi connectivity index (χ0n) is 12.5. The molecule has 4 rings (SSSR count). The number of aromatic amines is 1. The number of ether oxygens (including phenoxy) is 1. The smallest absolute Gasteiger partial charge is 0.324 e. The molecule has 0 radical (unpaired) electrons. The van der Waals surface area contributed by atoms with Gasteiger partial charge in [-0.05, 0) is 24.1 Å². The fourth-order valence-electron chi connectivity index (χ4n) is 3.27. The lowest BCUT2D eigenvalue weighted by Crippen LogP contribution is -2.45. The standard InChI is InChI=1S/C16H17ClN4O2/c17-13-2-1-3-14-15(13)23-7-6-21(14)16(22)20-5-4-11(10-20)12-8-18-19-9-12/h1-3,8-9,11H,4-7,10H2,(H,18,19). The van der Waals surface area contributed by atoms with Gasteiger partial charge in [-0.15, -0.1) is 0 Å². The molecule has 0 bridgehead atoms. The Labute approximate surface area is 139 Å². The van der Waals surface area contributed by atoms with Crippen LogP contribution in [0.4, 0.5) is 10.5 Å². The van der Waals surface area contributed by atoms with E-state index in [2.05, 4.69) is 10.2 Å². The minimum atomic E-state index is 0.0165. The molecule has 2 aliphatic rings. The summed E-state index contributed by atoms with van der Waals surface area (Å²) in [6.07, 6.45) is 4.70. The Kier molecular flexibility index (Phi) is 3.61. The molecule has 7 heteroatoms. The Morgan fingerprint density at radius 2 is 2.30 bits per heavy atom. The van der Waals surface area contributed by atoms with Crippen LogP contribution in [-0.2, 0) is 0 Å². The van der Waals surface area contributed by atoms with Crippen LogP contribution in [0.5, 0.6) is 5.75 Å². The summed E-state index contributed by atoms with van der Waals surface area (Å²) in [7, 11) is 0. The van der Waals surface area contributed by atoms with E-state index in [1.54, 1.807) is 11.0 Å². The van der Waals surface area contributed by atoms with Crippen LogP contribution in [0.15, 0.2) is 30.6 Å². The number of hydrogen-bond acceptors (Lipinski definition) is 3. The topological polar surface area (TPSA) is 61.5 Å². The molecule has 2 amide bonds. The summed E-state index contributed by atoms with van der Waals surface area (Å²) in [6, 6.07) is 5.51. The number of para-hydroxylation sites is 1. The van der Waals surface area contributed by atoms with Crippen molar-refractivity contribution in [2.75, 3.05) is 31.1 Å². The summed E-state index contributed by atoms with van der Waals surface area (Å²) < 4.78 is 5.62. The van der Waals surface area contributed by atoms with Crippen LogP contribution in [0.1, 0.15) is 17.9 Å². The van der Waals surface area contributed by atoms with E-state index in [9.17, 15) is 4.79 Å². The molecule has 0 spiro atoms. The molecule has 1 saturated heterocycles. The van der Waals surface area contributed by atoms with E-state index >= 15 is 0 Å². The Balaban J connectivity index is 1.54. The van der Waals surface area contributed by atoms with Crippen molar-refractivity contribution >= 4 is 23.3 Å². The first-order valence-corrected chi connectivity index (χ1v) is 8.08. The van der Waals surface area contributed by atoms with Crippen molar-refractivity contribution in [3.8, 4) is 5.75 Å². The van der Waals surface area contributed by atoms with Crippen LogP contribution in [0.3, 0.4) is 0 Å². The highest BCUT2D eigenvalue weighted by molar-refractivity contribution is 6.32. The highest BCUT2D eigenvalue weighted by atomic mass is 35.5. The van der Waals surface area contributed by atoms with Gasteiger partial charge in [0.2, 0.25) is 0 Å². The van der Waals surface area contributed by atoms with Crippen LogP contribution in [0.25, 0.3) is 0 Å². The lowest BCUT2D eigenvalue weighted by Gasteiger charge is -2.33. The third-order valence-electron chi connectivity index (χ3n) is 4.48. The number of hydrogen-bond donors (Lipinski definition) is 1. The van der Waals surface area contributed by atoms with E-state index in [1.807, 2.05) is 29.4 Å². The third-order valence-corrected chi connectivity index (χ3v) is 4.78. The van der Waals surface area contributed by atoms with Gasteiger partial charge >= 0.3 is 6.03 Å². The molecule has 1 unspecified atom stereocenters. The number of nitrogens with zero attached hydrogens (tertiary/aromatic N) is 3. The van der Waals surface area contributed by atoms with Gasteiger partial charge in [-0.25, -0.2) is 4.79 Å². The van der Waals surface area contributed by atoms with E-state index < -0.39 is 0 Å². The fraction of sp³-hybridized carbons (Fsp3) is 0.375. The minimum Gasteiger partial charge on any atom is -0.488 e.